The highest BCUT2D eigenvalue weighted by molar-refractivity contribution is 6.17. The summed E-state index contributed by atoms with van der Waals surface area (Å²) in [5, 5.41) is 2.27. The molecular weight excluding hydrogens is 287 g/mol. The van der Waals surface area contributed by atoms with E-state index in [2.05, 4.69) is 12.1 Å². The van der Waals surface area contributed by atoms with Crippen LogP contribution in [-0.4, -0.2) is 0 Å². The molecule has 0 saturated carbocycles. The van der Waals surface area contributed by atoms with Gasteiger partial charge >= 0.3 is 0 Å². The monoisotopic (exact) mass is 300 g/mol. The summed E-state index contributed by atoms with van der Waals surface area (Å²) >= 11 is 5.68. The van der Waals surface area contributed by atoms with Crippen LogP contribution < -0.4 is 4.74 Å². The molecule has 0 amide bonds. The highest BCUT2D eigenvalue weighted by Crippen LogP contribution is 2.23. The summed E-state index contributed by atoms with van der Waals surface area (Å²) in [4.78, 5) is 0. The third kappa shape index (κ3) is 3.01. The van der Waals surface area contributed by atoms with Crippen LogP contribution in [0.3, 0.4) is 0 Å². The summed E-state index contributed by atoms with van der Waals surface area (Å²) in [6.45, 7) is 0.332. The zero-order valence-electron chi connectivity index (χ0n) is 11.4. The van der Waals surface area contributed by atoms with Gasteiger partial charge in [0, 0.05) is 5.88 Å². The van der Waals surface area contributed by atoms with Crippen molar-refractivity contribution in [2.75, 3.05) is 0 Å². The first-order chi connectivity index (χ1) is 10.3. The van der Waals surface area contributed by atoms with Crippen LogP contribution in [0.25, 0.3) is 10.8 Å². The summed E-state index contributed by atoms with van der Waals surface area (Å²) in [7, 11) is 0. The summed E-state index contributed by atoms with van der Waals surface area (Å²) in [6, 6.07) is 18.9. The van der Waals surface area contributed by atoms with Gasteiger partial charge in [0.25, 0.3) is 0 Å². The van der Waals surface area contributed by atoms with Crippen molar-refractivity contribution in [2.45, 2.75) is 12.5 Å². The molecule has 0 bridgehead atoms. The Kier molecular flexibility index (Phi) is 4.07. The molecule has 0 spiro atoms. The first-order valence-corrected chi connectivity index (χ1v) is 7.25. The lowest BCUT2D eigenvalue weighted by Crippen LogP contribution is -1.98. The van der Waals surface area contributed by atoms with Gasteiger partial charge in [0.2, 0.25) is 0 Å². The van der Waals surface area contributed by atoms with Gasteiger partial charge in [-0.05, 0) is 34.0 Å². The lowest BCUT2D eigenvalue weighted by molar-refractivity contribution is 0.291. The van der Waals surface area contributed by atoms with Crippen LogP contribution in [0.4, 0.5) is 4.39 Å². The molecule has 0 aliphatic rings. The van der Waals surface area contributed by atoms with Gasteiger partial charge in [-0.1, -0.05) is 48.5 Å². The lowest BCUT2D eigenvalue weighted by atomic mass is 10.1. The van der Waals surface area contributed by atoms with E-state index in [1.165, 1.54) is 6.07 Å². The van der Waals surface area contributed by atoms with E-state index in [9.17, 15) is 4.39 Å². The number of hydrogen-bond donors (Lipinski definition) is 0. The normalized spacial score (nSPS) is 10.8. The van der Waals surface area contributed by atoms with Gasteiger partial charge in [0.05, 0.1) is 0 Å². The SMILES string of the molecule is Fc1cc(CCl)ccc1OCc1cccc2ccccc12. The number of fused-ring (bicyclic) bond motifs is 1. The third-order valence-corrected chi connectivity index (χ3v) is 3.72. The molecule has 3 rings (SSSR count). The number of halogens is 2. The highest BCUT2D eigenvalue weighted by Gasteiger charge is 2.06. The Labute approximate surface area is 127 Å². The second kappa shape index (κ2) is 6.15. The van der Waals surface area contributed by atoms with Crippen LogP contribution in [0.1, 0.15) is 11.1 Å². The van der Waals surface area contributed by atoms with Crippen molar-refractivity contribution in [1.82, 2.24) is 0 Å². The summed E-state index contributed by atoms with van der Waals surface area (Å²) < 4.78 is 19.5. The van der Waals surface area contributed by atoms with Gasteiger partial charge in [0.1, 0.15) is 6.61 Å². The Bertz CT molecular complexity index is 765. The Morgan fingerprint density at radius 1 is 0.952 bits per heavy atom. The Morgan fingerprint density at radius 2 is 1.76 bits per heavy atom. The number of hydrogen-bond acceptors (Lipinski definition) is 1. The van der Waals surface area contributed by atoms with E-state index in [4.69, 9.17) is 16.3 Å². The second-order valence-electron chi connectivity index (χ2n) is 4.83. The van der Waals surface area contributed by atoms with Crippen molar-refractivity contribution in [3.05, 3.63) is 77.6 Å². The molecule has 0 fully saturated rings. The number of alkyl halides is 1. The standard InChI is InChI=1S/C18H14ClFO/c19-11-13-8-9-18(17(20)10-13)21-12-15-6-3-5-14-4-1-2-7-16(14)15/h1-10H,11-12H2. The minimum absolute atomic E-state index is 0.247. The fourth-order valence-electron chi connectivity index (χ4n) is 2.32. The van der Waals surface area contributed by atoms with Crippen molar-refractivity contribution >= 4 is 22.4 Å². The molecule has 0 atom stereocenters. The zero-order valence-corrected chi connectivity index (χ0v) is 12.1. The fraction of sp³-hybridized carbons (Fsp3) is 0.111. The maximum atomic E-state index is 13.9. The minimum Gasteiger partial charge on any atom is -0.486 e. The molecule has 0 heterocycles. The molecule has 0 saturated heterocycles. The van der Waals surface area contributed by atoms with Crippen molar-refractivity contribution in [2.24, 2.45) is 0 Å². The first-order valence-electron chi connectivity index (χ1n) is 6.72. The summed E-state index contributed by atoms with van der Waals surface area (Å²) in [5.74, 6) is 0.158. The van der Waals surface area contributed by atoms with E-state index in [-0.39, 0.29) is 11.6 Å². The molecule has 106 valence electrons. The van der Waals surface area contributed by atoms with Gasteiger partial charge in [-0.3, -0.25) is 0 Å². The van der Waals surface area contributed by atoms with Crippen LogP contribution in [0.15, 0.2) is 60.7 Å². The van der Waals surface area contributed by atoms with E-state index < -0.39 is 0 Å². The molecule has 3 aromatic carbocycles. The van der Waals surface area contributed by atoms with E-state index in [0.717, 1.165) is 21.9 Å². The van der Waals surface area contributed by atoms with Gasteiger partial charge in [-0.15, -0.1) is 11.6 Å². The molecular formula is C18H14ClFO. The van der Waals surface area contributed by atoms with Crippen LogP contribution in [0, 0.1) is 5.82 Å². The highest BCUT2D eigenvalue weighted by atomic mass is 35.5. The smallest absolute Gasteiger partial charge is 0.165 e. The number of benzene rings is 3. The number of rotatable bonds is 4. The maximum absolute atomic E-state index is 13.9. The molecule has 0 unspecified atom stereocenters. The largest absolute Gasteiger partial charge is 0.486 e. The molecule has 21 heavy (non-hydrogen) atoms. The maximum Gasteiger partial charge on any atom is 0.165 e. The van der Waals surface area contributed by atoms with E-state index in [0.29, 0.717) is 12.5 Å². The molecule has 0 radical (unpaired) electrons. The van der Waals surface area contributed by atoms with Crippen molar-refractivity contribution in [3.63, 3.8) is 0 Å². The predicted octanol–water partition coefficient (Wildman–Crippen LogP) is 5.30. The van der Waals surface area contributed by atoms with Crippen LogP contribution in [-0.2, 0) is 12.5 Å². The molecule has 1 nitrogen and oxygen atoms in total. The average molecular weight is 301 g/mol. The lowest BCUT2D eigenvalue weighted by Gasteiger charge is -2.10. The molecule has 0 N–H and O–H groups in total. The molecule has 0 aliphatic carbocycles. The van der Waals surface area contributed by atoms with E-state index >= 15 is 0 Å². The Balaban J connectivity index is 1.84. The first kappa shape index (κ1) is 13.9. The molecule has 3 aromatic rings. The quantitative estimate of drug-likeness (QED) is 0.594. The molecule has 0 aliphatic heterocycles. The third-order valence-electron chi connectivity index (χ3n) is 3.41. The van der Waals surface area contributed by atoms with E-state index in [1.54, 1.807) is 12.1 Å². The Morgan fingerprint density at radius 3 is 2.57 bits per heavy atom. The molecule has 3 heteroatoms. The fourth-order valence-corrected chi connectivity index (χ4v) is 2.48. The van der Waals surface area contributed by atoms with Gasteiger partial charge in [0.15, 0.2) is 11.6 Å². The second-order valence-corrected chi connectivity index (χ2v) is 5.09. The van der Waals surface area contributed by atoms with Crippen molar-refractivity contribution in [3.8, 4) is 5.75 Å². The van der Waals surface area contributed by atoms with E-state index in [1.807, 2.05) is 30.3 Å². The minimum atomic E-state index is -0.381. The Hall–Kier alpha value is -2.06. The van der Waals surface area contributed by atoms with Crippen LogP contribution in [0.5, 0.6) is 5.75 Å². The topological polar surface area (TPSA) is 9.23 Å². The average Bonchev–Trinajstić information content (AvgIpc) is 2.53. The number of ether oxygens (including phenoxy) is 1. The zero-order chi connectivity index (χ0) is 14.7. The summed E-state index contributed by atoms with van der Waals surface area (Å²) in [5.41, 5.74) is 1.78. The summed E-state index contributed by atoms with van der Waals surface area (Å²) in [6.07, 6.45) is 0. The van der Waals surface area contributed by atoms with Gasteiger partial charge in [-0.25, -0.2) is 4.39 Å². The molecule has 0 aromatic heterocycles. The van der Waals surface area contributed by atoms with Crippen molar-refractivity contribution in [1.29, 1.82) is 0 Å². The van der Waals surface area contributed by atoms with Crippen LogP contribution >= 0.6 is 11.6 Å². The van der Waals surface area contributed by atoms with Gasteiger partial charge in [-0.2, -0.15) is 0 Å². The van der Waals surface area contributed by atoms with Crippen LogP contribution in [0.2, 0.25) is 0 Å². The van der Waals surface area contributed by atoms with Crippen molar-refractivity contribution < 1.29 is 9.13 Å². The predicted molar refractivity (Wildman–Crippen MR) is 84.2 cm³/mol. The van der Waals surface area contributed by atoms with Gasteiger partial charge < -0.3 is 4.74 Å².